The number of halogens is 4. The summed E-state index contributed by atoms with van der Waals surface area (Å²) < 4.78 is 43.3. The summed E-state index contributed by atoms with van der Waals surface area (Å²) in [6, 6.07) is 5.61. The molecule has 0 aliphatic heterocycles. The van der Waals surface area contributed by atoms with Crippen molar-refractivity contribution in [1.82, 2.24) is 9.88 Å². The number of benzene rings is 1. The Morgan fingerprint density at radius 3 is 2.73 bits per heavy atom. The molecule has 0 N–H and O–H groups in total. The van der Waals surface area contributed by atoms with Gasteiger partial charge in [0.2, 0.25) is 5.88 Å². The lowest BCUT2D eigenvalue weighted by molar-refractivity contribution is -0.175. The van der Waals surface area contributed by atoms with E-state index in [-0.39, 0.29) is 13.2 Å². The molecule has 1 aromatic carbocycles. The van der Waals surface area contributed by atoms with Gasteiger partial charge in [-0.15, -0.1) is 0 Å². The zero-order chi connectivity index (χ0) is 16.3. The van der Waals surface area contributed by atoms with E-state index in [1.807, 2.05) is 12.1 Å². The molecule has 2 aromatic rings. The molecule has 120 valence electrons. The largest absolute Gasteiger partial charge is 0.476 e. The molecule has 0 fully saturated rings. The molecule has 1 aromatic heterocycles. The van der Waals surface area contributed by atoms with Gasteiger partial charge in [-0.05, 0) is 37.6 Å². The smallest absolute Gasteiger partial charge is 0.403 e. The molecule has 22 heavy (non-hydrogen) atoms. The van der Waals surface area contributed by atoms with Crippen molar-refractivity contribution in [3.63, 3.8) is 0 Å². The zero-order valence-corrected chi connectivity index (χ0v) is 12.9. The number of rotatable bonds is 5. The molecular weight excluding hydrogens is 317 g/mol. The SMILES string of the molecule is CC(N(C)CCOc1nccc2ccc(Cl)cc12)C(F)(F)F. The molecule has 1 unspecified atom stereocenters. The van der Waals surface area contributed by atoms with Gasteiger partial charge in [-0.1, -0.05) is 17.7 Å². The van der Waals surface area contributed by atoms with Crippen LogP contribution in [0.25, 0.3) is 10.8 Å². The van der Waals surface area contributed by atoms with Crippen LogP contribution in [-0.4, -0.2) is 42.3 Å². The number of hydrogen-bond acceptors (Lipinski definition) is 3. The third kappa shape index (κ3) is 4.01. The highest BCUT2D eigenvalue weighted by Gasteiger charge is 2.38. The highest BCUT2D eigenvalue weighted by Crippen LogP contribution is 2.26. The number of nitrogens with zero attached hydrogens (tertiary/aromatic N) is 2. The minimum atomic E-state index is -4.25. The van der Waals surface area contributed by atoms with Crippen LogP contribution in [0.2, 0.25) is 5.02 Å². The monoisotopic (exact) mass is 332 g/mol. The molecule has 0 bridgehead atoms. The number of hydrogen-bond donors (Lipinski definition) is 0. The fourth-order valence-electron chi connectivity index (χ4n) is 1.96. The van der Waals surface area contributed by atoms with Crippen LogP contribution >= 0.6 is 11.6 Å². The third-order valence-electron chi connectivity index (χ3n) is 3.51. The summed E-state index contributed by atoms with van der Waals surface area (Å²) in [7, 11) is 1.41. The standard InChI is InChI=1S/C15H16ClF3N2O/c1-10(15(17,18)19)21(2)7-8-22-14-13-9-12(16)4-3-11(13)5-6-20-14/h3-6,9-10H,7-8H2,1-2H3. The quantitative estimate of drug-likeness (QED) is 0.822. The first-order chi connectivity index (χ1) is 10.3. The Morgan fingerprint density at radius 1 is 1.32 bits per heavy atom. The van der Waals surface area contributed by atoms with Crippen LogP contribution in [0.15, 0.2) is 30.5 Å². The summed E-state index contributed by atoms with van der Waals surface area (Å²) >= 11 is 5.95. The molecule has 0 saturated carbocycles. The maximum atomic E-state index is 12.6. The highest BCUT2D eigenvalue weighted by atomic mass is 35.5. The summed E-state index contributed by atoms with van der Waals surface area (Å²) in [6.07, 6.45) is -2.66. The van der Waals surface area contributed by atoms with E-state index in [9.17, 15) is 13.2 Å². The van der Waals surface area contributed by atoms with E-state index in [0.29, 0.717) is 10.9 Å². The van der Waals surface area contributed by atoms with Gasteiger partial charge < -0.3 is 4.74 Å². The van der Waals surface area contributed by atoms with Gasteiger partial charge in [-0.3, -0.25) is 4.90 Å². The van der Waals surface area contributed by atoms with E-state index in [4.69, 9.17) is 16.3 Å². The molecule has 3 nitrogen and oxygen atoms in total. The number of pyridine rings is 1. The summed E-state index contributed by atoms with van der Waals surface area (Å²) in [5, 5.41) is 2.20. The maximum Gasteiger partial charge on any atom is 0.403 e. The van der Waals surface area contributed by atoms with Gasteiger partial charge in [0.1, 0.15) is 12.6 Å². The maximum absolute atomic E-state index is 12.6. The highest BCUT2D eigenvalue weighted by molar-refractivity contribution is 6.31. The third-order valence-corrected chi connectivity index (χ3v) is 3.74. The van der Waals surface area contributed by atoms with Gasteiger partial charge in [-0.2, -0.15) is 13.2 Å². The van der Waals surface area contributed by atoms with Gasteiger partial charge >= 0.3 is 6.18 Å². The molecule has 0 aliphatic carbocycles. The van der Waals surface area contributed by atoms with Crippen LogP contribution in [0.5, 0.6) is 5.88 Å². The Labute approximate surface area is 131 Å². The van der Waals surface area contributed by atoms with Crippen LogP contribution in [0.1, 0.15) is 6.92 Å². The van der Waals surface area contributed by atoms with Gasteiger partial charge in [0, 0.05) is 23.2 Å². The van der Waals surface area contributed by atoms with Crippen LogP contribution in [-0.2, 0) is 0 Å². The van der Waals surface area contributed by atoms with E-state index in [1.165, 1.54) is 11.9 Å². The number of likely N-dealkylation sites (N-methyl/N-ethyl adjacent to an activating group) is 1. The predicted molar refractivity (Wildman–Crippen MR) is 80.4 cm³/mol. The summed E-state index contributed by atoms with van der Waals surface area (Å²) in [5.41, 5.74) is 0. The molecule has 2 rings (SSSR count). The van der Waals surface area contributed by atoms with Crippen LogP contribution in [0.4, 0.5) is 13.2 Å². The molecular formula is C15H16ClF3N2O. The summed E-state index contributed by atoms with van der Waals surface area (Å²) in [5.74, 6) is 0.369. The van der Waals surface area contributed by atoms with Crippen molar-refractivity contribution in [3.05, 3.63) is 35.5 Å². The molecule has 0 saturated heterocycles. The van der Waals surface area contributed by atoms with Crippen molar-refractivity contribution in [2.75, 3.05) is 20.2 Å². The second-order valence-electron chi connectivity index (χ2n) is 5.03. The lowest BCUT2D eigenvalue weighted by Crippen LogP contribution is -2.42. The van der Waals surface area contributed by atoms with Crippen LogP contribution in [0, 0.1) is 0 Å². The summed E-state index contributed by atoms with van der Waals surface area (Å²) in [6.45, 7) is 1.37. The van der Waals surface area contributed by atoms with E-state index in [1.54, 1.807) is 18.3 Å². The van der Waals surface area contributed by atoms with E-state index in [2.05, 4.69) is 4.98 Å². The minimum Gasteiger partial charge on any atom is -0.476 e. The summed E-state index contributed by atoms with van der Waals surface area (Å²) in [4.78, 5) is 5.31. The number of alkyl halides is 3. The molecule has 1 heterocycles. The number of aromatic nitrogens is 1. The van der Waals surface area contributed by atoms with Gasteiger partial charge in [0.25, 0.3) is 0 Å². The van der Waals surface area contributed by atoms with E-state index in [0.717, 1.165) is 17.7 Å². The average Bonchev–Trinajstić information content (AvgIpc) is 2.45. The van der Waals surface area contributed by atoms with Gasteiger partial charge in [0.15, 0.2) is 0 Å². The Morgan fingerprint density at radius 2 is 2.05 bits per heavy atom. The first-order valence-corrected chi connectivity index (χ1v) is 7.11. The second kappa shape index (κ2) is 6.71. The van der Waals surface area contributed by atoms with E-state index < -0.39 is 12.2 Å². The molecule has 0 aliphatic rings. The van der Waals surface area contributed by atoms with Crippen LogP contribution < -0.4 is 4.74 Å². The Balaban J connectivity index is 2.02. The second-order valence-corrected chi connectivity index (χ2v) is 5.46. The molecule has 7 heteroatoms. The van der Waals surface area contributed by atoms with Gasteiger partial charge in [0.05, 0.1) is 0 Å². The Kier molecular flexibility index (Phi) is 5.13. The fraction of sp³-hybridized carbons (Fsp3) is 0.400. The van der Waals surface area contributed by atoms with Crippen molar-refractivity contribution < 1.29 is 17.9 Å². The van der Waals surface area contributed by atoms with E-state index >= 15 is 0 Å². The normalized spacial score (nSPS) is 13.6. The molecule has 0 amide bonds. The molecule has 1 atom stereocenters. The van der Waals surface area contributed by atoms with Crippen molar-refractivity contribution in [3.8, 4) is 5.88 Å². The topological polar surface area (TPSA) is 25.4 Å². The number of ether oxygens (including phenoxy) is 1. The van der Waals surface area contributed by atoms with Crippen molar-refractivity contribution >= 4 is 22.4 Å². The zero-order valence-electron chi connectivity index (χ0n) is 12.2. The Bertz CT molecular complexity index is 648. The lowest BCUT2D eigenvalue weighted by Gasteiger charge is -2.26. The predicted octanol–water partition coefficient (Wildman–Crippen LogP) is 4.15. The Hall–Kier alpha value is -1.53. The van der Waals surface area contributed by atoms with Crippen molar-refractivity contribution in [2.24, 2.45) is 0 Å². The lowest BCUT2D eigenvalue weighted by atomic mass is 10.2. The van der Waals surface area contributed by atoms with Crippen LogP contribution in [0.3, 0.4) is 0 Å². The minimum absolute atomic E-state index is 0.107. The van der Waals surface area contributed by atoms with Crippen molar-refractivity contribution in [2.45, 2.75) is 19.1 Å². The van der Waals surface area contributed by atoms with Gasteiger partial charge in [-0.25, -0.2) is 4.98 Å². The number of fused-ring (bicyclic) bond motifs is 1. The fourth-order valence-corrected chi connectivity index (χ4v) is 2.13. The average molecular weight is 333 g/mol. The first kappa shape index (κ1) is 16.8. The molecule has 0 radical (unpaired) electrons. The van der Waals surface area contributed by atoms with Crippen molar-refractivity contribution in [1.29, 1.82) is 0 Å². The molecule has 0 spiro atoms. The first-order valence-electron chi connectivity index (χ1n) is 6.73.